The first kappa shape index (κ1) is 33.6. The fourth-order valence-corrected chi connectivity index (χ4v) is 4.55. The molecule has 0 aliphatic rings. The maximum Gasteiger partial charge on any atom is 0.268 e. The summed E-state index contributed by atoms with van der Waals surface area (Å²) >= 11 is 0. The number of nitrogens with zero attached hydrogens (tertiary/aromatic N) is 1. The molecule has 0 saturated heterocycles. The van der Waals surface area contributed by atoms with Crippen molar-refractivity contribution in [1.29, 1.82) is 0 Å². The van der Waals surface area contributed by atoms with E-state index < -0.39 is 33.2 Å². The topological polar surface area (TPSA) is 125 Å². The van der Waals surface area contributed by atoms with Crippen LogP contribution in [0.5, 0.6) is 0 Å². The molecule has 2 unspecified atom stereocenters. The molecule has 0 aromatic rings. The number of unbranched alkanes of at least 4 members (excludes halogenated alkanes) is 12. The van der Waals surface area contributed by atoms with Crippen molar-refractivity contribution in [2.45, 2.75) is 109 Å². The number of phosphoric acid groups is 1. The number of aliphatic hydroxyl groups excluding tert-OH is 1. The molecular weight excluding hydrogens is 461 g/mol. The zero-order valence-electron chi connectivity index (χ0n) is 21.9. The molecule has 0 rings (SSSR count). The Morgan fingerprint density at radius 3 is 1.79 bits per heavy atom. The van der Waals surface area contributed by atoms with Crippen LogP contribution in [0.1, 0.15) is 96.8 Å². The number of aliphatic hydroxyl groups is 1. The monoisotopic (exact) mass is 511 g/mol. The molecule has 3 atom stereocenters. The highest BCUT2D eigenvalue weighted by atomic mass is 31.2. The third-order valence-electron chi connectivity index (χ3n) is 5.63. The van der Waals surface area contributed by atoms with E-state index in [1.165, 1.54) is 57.8 Å². The van der Waals surface area contributed by atoms with Crippen LogP contribution >= 0.6 is 7.82 Å². The van der Waals surface area contributed by atoms with Gasteiger partial charge in [-0.1, -0.05) is 84.0 Å². The first-order chi connectivity index (χ1) is 16.0. The Balaban J connectivity index is 4.22. The van der Waals surface area contributed by atoms with Gasteiger partial charge < -0.3 is 23.5 Å². The number of carbonyl (C=O) groups is 1. The van der Waals surface area contributed by atoms with Crippen molar-refractivity contribution < 1.29 is 43.0 Å². The maximum atomic E-state index is 12.7. The minimum atomic E-state index is -4.82. The minimum absolute atomic E-state index is 0.173. The summed E-state index contributed by atoms with van der Waals surface area (Å²) in [7, 11) is 0.697. The Bertz CT molecular complexity index is 552. The molecule has 204 valence electrons. The van der Waals surface area contributed by atoms with Gasteiger partial charge in [-0.3, -0.25) is 14.6 Å². The second-order valence-corrected chi connectivity index (χ2v) is 11.5. The number of quaternary nitrogens is 1. The van der Waals surface area contributed by atoms with E-state index >= 15 is 0 Å². The summed E-state index contributed by atoms with van der Waals surface area (Å²) < 4.78 is 22.2. The Labute approximate surface area is 206 Å². The summed E-state index contributed by atoms with van der Waals surface area (Å²) in [6.07, 6.45) is 13.5. The lowest BCUT2D eigenvalue weighted by Crippen LogP contribution is -2.45. The predicted octanol–water partition coefficient (Wildman–Crippen LogP) is 4.46. The Kier molecular flexibility index (Phi) is 19.5. The molecule has 0 spiro atoms. The van der Waals surface area contributed by atoms with Gasteiger partial charge in [-0.05, 0) is 6.42 Å². The van der Waals surface area contributed by atoms with Crippen LogP contribution in [0, 0.1) is 0 Å². The number of ketones is 1. The van der Waals surface area contributed by atoms with E-state index in [1.807, 2.05) is 21.1 Å². The highest BCUT2D eigenvalue weighted by Crippen LogP contribution is 2.40. The van der Waals surface area contributed by atoms with Gasteiger partial charge in [0.05, 0.1) is 34.4 Å². The number of hydrogen-bond acceptors (Lipinski definition) is 8. The third kappa shape index (κ3) is 19.9. The Hall–Kier alpha value is -0.380. The average Bonchev–Trinajstić information content (AvgIpc) is 2.76. The molecular formula is C24H50NO8P. The zero-order chi connectivity index (χ0) is 25.9. The van der Waals surface area contributed by atoms with Crippen LogP contribution in [-0.2, 0) is 23.3 Å². The lowest BCUT2D eigenvalue weighted by atomic mass is 10.0. The molecule has 0 heterocycles. The summed E-state index contributed by atoms with van der Waals surface area (Å²) in [5, 5.41) is 17.5. The van der Waals surface area contributed by atoms with Crippen molar-refractivity contribution in [2.75, 3.05) is 40.9 Å². The van der Waals surface area contributed by atoms with Gasteiger partial charge in [0.15, 0.2) is 11.9 Å². The van der Waals surface area contributed by atoms with Crippen molar-refractivity contribution >= 4 is 13.6 Å². The maximum absolute atomic E-state index is 12.7. The second-order valence-electron chi connectivity index (χ2n) is 10.2. The molecule has 0 aliphatic heterocycles. The van der Waals surface area contributed by atoms with Gasteiger partial charge in [0.2, 0.25) is 0 Å². The first-order valence-corrected chi connectivity index (χ1v) is 14.4. The predicted molar refractivity (Wildman–Crippen MR) is 131 cm³/mol. The molecule has 0 aliphatic carbocycles. The molecule has 0 fully saturated rings. The lowest BCUT2D eigenvalue weighted by Gasteiger charge is -2.32. The van der Waals surface area contributed by atoms with Crippen LogP contribution in [0.25, 0.3) is 0 Å². The largest absolute Gasteiger partial charge is 0.756 e. The molecule has 34 heavy (non-hydrogen) atoms. The molecule has 0 radical (unpaired) electrons. The van der Waals surface area contributed by atoms with Crippen LogP contribution in [-0.4, -0.2) is 73.7 Å². The van der Waals surface area contributed by atoms with E-state index in [9.17, 15) is 14.3 Å². The molecule has 0 amide bonds. The molecule has 9 nitrogen and oxygen atoms in total. The lowest BCUT2D eigenvalue weighted by molar-refractivity contribution is -0.872. The Morgan fingerprint density at radius 2 is 1.38 bits per heavy atom. The average molecular weight is 512 g/mol. The van der Waals surface area contributed by atoms with Gasteiger partial charge in [-0.25, -0.2) is 4.89 Å². The van der Waals surface area contributed by atoms with Gasteiger partial charge >= 0.3 is 0 Å². The van der Waals surface area contributed by atoms with Gasteiger partial charge in [0, 0.05) is 6.42 Å². The summed E-state index contributed by atoms with van der Waals surface area (Å²) in [5.41, 5.74) is 0. The normalized spacial score (nSPS) is 15.7. The van der Waals surface area contributed by atoms with Gasteiger partial charge in [0.1, 0.15) is 12.6 Å². The molecule has 2 N–H and O–H groups in total. The molecule has 0 bridgehead atoms. The molecule has 10 heteroatoms. The van der Waals surface area contributed by atoms with Gasteiger partial charge in [-0.2, -0.15) is 0 Å². The quantitative estimate of drug-likeness (QED) is 0.0639. The standard InChI is InChI=1S/C24H50NO8P/c1-5-6-7-8-9-10-11-12-13-14-15-16-17-18-23(27)24(19-25(2,3)4)33-34(29,30)31-21-22(20-26)32-28/h22,24,26H,5-21H2,1-4H3,(H-,28,29,30)/t22-,24?/m1/s1. The smallest absolute Gasteiger partial charge is 0.268 e. The van der Waals surface area contributed by atoms with E-state index in [4.69, 9.17) is 14.9 Å². The Morgan fingerprint density at radius 1 is 0.912 bits per heavy atom. The minimum Gasteiger partial charge on any atom is -0.756 e. The van der Waals surface area contributed by atoms with Crippen LogP contribution in [0.3, 0.4) is 0 Å². The van der Waals surface area contributed by atoms with E-state index in [0.717, 1.165) is 19.3 Å². The number of rotatable bonds is 24. The number of hydrogen-bond donors (Lipinski definition) is 2. The van der Waals surface area contributed by atoms with E-state index in [0.29, 0.717) is 10.9 Å². The third-order valence-corrected chi connectivity index (χ3v) is 6.60. The van der Waals surface area contributed by atoms with Crippen LogP contribution in [0.2, 0.25) is 0 Å². The molecule has 0 saturated carbocycles. The summed E-state index contributed by atoms with van der Waals surface area (Å²) in [5.74, 6) is -0.270. The fraction of sp³-hybridized carbons (Fsp3) is 0.958. The van der Waals surface area contributed by atoms with Crippen molar-refractivity contribution in [3.8, 4) is 0 Å². The van der Waals surface area contributed by atoms with Crippen LogP contribution in [0.4, 0.5) is 0 Å². The highest BCUT2D eigenvalue weighted by molar-refractivity contribution is 7.45. The number of likely N-dealkylation sites (N-methyl/N-ethyl adjacent to an activating group) is 1. The van der Waals surface area contributed by atoms with Gasteiger partial charge in [-0.15, -0.1) is 0 Å². The van der Waals surface area contributed by atoms with Crippen LogP contribution in [0.15, 0.2) is 0 Å². The van der Waals surface area contributed by atoms with E-state index in [-0.39, 0.29) is 18.7 Å². The van der Waals surface area contributed by atoms with Crippen LogP contribution < -0.4 is 4.89 Å². The number of carbonyl (C=O) groups excluding carboxylic acids is 1. The summed E-state index contributed by atoms with van der Waals surface area (Å²) in [6, 6.07) is 0. The summed E-state index contributed by atoms with van der Waals surface area (Å²) in [6.45, 7) is 1.17. The second kappa shape index (κ2) is 19.8. The summed E-state index contributed by atoms with van der Waals surface area (Å²) in [4.78, 5) is 28.8. The molecule has 0 aromatic heterocycles. The van der Waals surface area contributed by atoms with E-state index in [2.05, 4.69) is 16.3 Å². The van der Waals surface area contributed by atoms with Crippen molar-refractivity contribution in [3.63, 3.8) is 0 Å². The number of phosphoric ester groups is 1. The van der Waals surface area contributed by atoms with Gasteiger partial charge in [0.25, 0.3) is 7.82 Å². The highest BCUT2D eigenvalue weighted by Gasteiger charge is 2.30. The SMILES string of the molecule is CCCCCCCCCCCCCCCC(=O)C(C[N+](C)(C)C)OP(=O)([O-])OC[C@@H](CO)OO. The van der Waals surface area contributed by atoms with E-state index in [1.54, 1.807) is 0 Å². The zero-order valence-corrected chi connectivity index (χ0v) is 22.8. The fourth-order valence-electron chi connectivity index (χ4n) is 3.65. The van der Waals surface area contributed by atoms with Crippen molar-refractivity contribution in [1.82, 2.24) is 0 Å². The first-order valence-electron chi connectivity index (χ1n) is 12.9. The van der Waals surface area contributed by atoms with Crippen molar-refractivity contribution in [2.24, 2.45) is 0 Å². The van der Waals surface area contributed by atoms with Crippen molar-refractivity contribution in [3.05, 3.63) is 0 Å². The number of Topliss-reactive ketones (excluding diaryl/α,β-unsaturated/α-hetero) is 1. The molecule has 0 aromatic carbocycles.